The highest BCUT2D eigenvalue weighted by molar-refractivity contribution is 6.62. The van der Waals surface area contributed by atoms with Crippen LogP contribution in [-0.2, 0) is 15.9 Å². The first-order valence-corrected chi connectivity index (χ1v) is 7.96. The van der Waals surface area contributed by atoms with Crippen molar-refractivity contribution in [3.8, 4) is 5.75 Å². The summed E-state index contributed by atoms with van der Waals surface area (Å²) in [5, 5.41) is 0. The van der Waals surface area contributed by atoms with Gasteiger partial charge in [-0.1, -0.05) is 12.1 Å². The Balaban J connectivity index is 1.63. The SMILES string of the molecule is CC1(C)OB(c2ccc(OCc3ccc(F)nc3)cc2)OC1(C)C. The molecule has 3 rings (SSSR count). The van der Waals surface area contributed by atoms with Crippen LogP contribution in [0.1, 0.15) is 33.3 Å². The largest absolute Gasteiger partial charge is 0.494 e. The molecule has 1 aliphatic rings. The molecule has 0 amide bonds. The first kappa shape index (κ1) is 16.9. The monoisotopic (exact) mass is 329 g/mol. The molecular formula is C18H21BFNO3. The summed E-state index contributed by atoms with van der Waals surface area (Å²) < 4.78 is 30.5. The lowest BCUT2D eigenvalue weighted by atomic mass is 9.79. The Bertz CT molecular complexity index is 685. The number of hydrogen-bond acceptors (Lipinski definition) is 4. The molecule has 1 fully saturated rings. The van der Waals surface area contributed by atoms with Crippen molar-refractivity contribution in [1.82, 2.24) is 4.98 Å². The van der Waals surface area contributed by atoms with Crippen molar-refractivity contribution in [2.45, 2.75) is 45.5 Å². The summed E-state index contributed by atoms with van der Waals surface area (Å²) in [6, 6.07) is 10.6. The molecule has 1 aromatic heterocycles. The van der Waals surface area contributed by atoms with E-state index in [9.17, 15) is 4.39 Å². The molecule has 2 aromatic rings. The highest BCUT2D eigenvalue weighted by atomic mass is 19.1. The van der Waals surface area contributed by atoms with E-state index >= 15 is 0 Å². The minimum absolute atomic E-state index is 0.336. The third-order valence-corrected chi connectivity index (χ3v) is 4.60. The van der Waals surface area contributed by atoms with Gasteiger partial charge in [0.1, 0.15) is 12.4 Å². The van der Waals surface area contributed by atoms with Crippen LogP contribution >= 0.6 is 0 Å². The molecule has 0 radical (unpaired) electrons. The molecule has 1 aromatic carbocycles. The van der Waals surface area contributed by atoms with Crippen LogP contribution in [0, 0.1) is 5.95 Å². The highest BCUT2D eigenvalue weighted by Crippen LogP contribution is 2.36. The van der Waals surface area contributed by atoms with Crippen molar-refractivity contribution >= 4 is 12.6 Å². The Kier molecular flexibility index (Phi) is 4.36. The van der Waals surface area contributed by atoms with Crippen LogP contribution in [0.3, 0.4) is 0 Å². The summed E-state index contributed by atoms with van der Waals surface area (Å²) >= 11 is 0. The van der Waals surface area contributed by atoms with Gasteiger partial charge in [-0.25, -0.2) is 4.98 Å². The fourth-order valence-electron chi connectivity index (χ4n) is 2.36. The Morgan fingerprint density at radius 1 is 1.00 bits per heavy atom. The van der Waals surface area contributed by atoms with Crippen molar-refractivity contribution in [1.29, 1.82) is 0 Å². The van der Waals surface area contributed by atoms with E-state index in [0.717, 1.165) is 16.8 Å². The number of pyridine rings is 1. The first-order valence-electron chi connectivity index (χ1n) is 7.96. The Hall–Kier alpha value is -1.92. The summed E-state index contributed by atoms with van der Waals surface area (Å²) in [6.07, 6.45) is 1.47. The summed E-state index contributed by atoms with van der Waals surface area (Å²) in [5.74, 6) is 0.227. The van der Waals surface area contributed by atoms with Gasteiger partial charge in [-0.15, -0.1) is 0 Å². The lowest BCUT2D eigenvalue weighted by molar-refractivity contribution is 0.00578. The van der Waals surface area contributed by atoms with Crippen molar-refractivity contribution in [2.24, 2.45) is 0 Å². The molecule has 0 unspecified atom stereocenters. The van der Waals surface area contributed by atoms with Crippen molar-refractivity contribution in [3.63, 3.8) is 0 Å². The molecule has 0 aliphatic carbocycles. The summed E-state index contributed by atoms with van der Waals surface area (Å²) in [6.45, 7) is 8.45. The number of benzene rings is 1. The van der Waals surface area contributed by atoms with Crippen molar-refractivity contribution in [2.75, 3.05) is 0 Å². The van der Waals surface area contributed by atoms with E-state index in [1.54, 1.807) is 6.07 Å². The number of rotatable bonds is 4. The van der Waals surface area contributed by atoms with Gasteiger partial charge in [0.25, 0.3) is 0 Å². The third kappa shape index (κ3) is 3.44. The number of hydrogen-bond donors (Lipinski definition) is 0. The van der Waals surface area contributed by atoms with Gasteiger partial charge in [0.2, 0.25) is 5.95 Å². The van der Waals surface area contributed by atoms with E-state index < -0.39 is 5.95 Å². The van der Waals surface area contributed by atoms with Crippen LogP contribution in [0.15, 0.2) is 42.6 Å². The topological polar surface area (TPSA) is 40.6 Å². The van der Waals surface area contributed by atoms with E-state index in [2.05, 4.69) is 4.98 Å². The van der Waals surface area contributed by atoms with Crippen LogP contribution in [0.5, 0.6) is 5.75 Å². The van der Waals surface area contributed by atoms with Gasteiger partial charge in [0.05, 0.1) is 11.2 Å². The second-order valence-corrected chi connectivity index (χ2v) is 6.94. The molecule has 24 heavy (non-hydrogen) atoms. The number of nitrogens with zero attached hydrogens (tertiary/aromatic N) is 1. The average molecular weight is 329 g/mol. The predicted octanol–water partition coefficient (Wildman–Crippen LogP) is 3.10. The lowest BCUT2D eigenvalue weighted by Crippen LogP contribution is -2.41. The molecule has 2 heterocycles. The summed E-state index contributed by atoms with van der Waals surface area (Å²) in [7, 11) is -0.384. The first-order chi connectivity index (χ1) is 11.3. The average Bonchev–Trinajstić information content (AvgIpc) is 2.75. The highest BCUT2D eigenvalue weighted by Gasteiger charge is 2.51. The maximum Gasteiger partial charge on any atom is 0.494 e. The number of ether oxygens (including phenoxy) is 1. The molecule has 1 saturated heterocycles. The predicted molar refractivity (Wildman–Crippen MR) is 90.7 cm³/mol. The van der Waals surface area contributed by atoms with Crippen LogP contribution in [0.25, 0.3) is 0 Å². The molecule has 126 valence electrons. The zero-order valence-corrected chi connectivity index (χ0v) is 14.4. The van der Waals surface area contributed by atoms with Crippen LogP contribution in [0.2, 0.25) is 0 Å². The smallest absolute Gasteiger partial charge is 0.489 e. The summed E-state index contributed by atoms with van der Waals surface area (Å²) in [4.78, 5) is 3.61. The minimum Gasteiger partial charge on any atom is -0.489 e. The molecular weight excluding hydrogens is 308 g/mol. The number of halogens is 1. The van der Waals surface area contributed by atoms with Gasteiger partial charge in [-0.3, -0.25) is 0 Å². The van der Waals surface area contributed by atoms with Gasteiger partial charge in [-0.05, 0) is 57.4 Å². The number of aromatic nitrogens is 1. The summed E-state index contributed by atoms with van der Waals surface area (Å²) in [5.41, 5.74) is 1.04. The fourth-order valence-corrected chi connectivity index (χ4v) is 2.36. The molecule has 1 aliphatic heterocycles. The molecule has 0 atom stereocenters. The second-order valence-electron chi connectivity index (χ2n) is 6.94. The van der Waals surface area contributed by atoms with E-state index in [-0.39, 0.29) is 18.3 Å². The van der Waals surface area contributed by atoms with Gasteiger partial charge in [0.15, 0.2) is 0 Å². The van der Waals surface area contributed by atoms with Crippen LogP contribution in [0.4, 0.5) is 4.39 Å². The van der Waals surface area contributed by atoms with Gasteiger partial charge in [0, 0.05) is 11.8 Å². The lowest BCUT2D eigenvalue weighted by Gasteiger charge is -2.32. The van der Waals surface area contributed by atoms with E-state index in [0.29, 0.717) is 6.61 Å². The Labute approximate surface area is 142 Å². The standard InChI is InChI=1S/C18H21BFNO3/c1-17(2)18(3,4)24-19(23-17)14-6-8-15(9-7-14)22-12-13-5-10-16(20)21-11-13/h5-11H,12H2,1-4H3. The normalized spacial score (nSPS) is 18.6. The van der Waals surface area contributed by atoms with Crippen LogP contribution < -0.4 is 10.2 Å². The maximum atomic E-state index is 12.8. The van der Waals surface area contributed by atoms with E-state index in [1.807, 2.05) is 52.0 Å². The van der Waals surface area contributed by atoms with Gasteiger partial charge in [-0.2, -0.15) is 4.39 Å². The van der Waals surface area contributed by atoms with E-state index in [4.69, 9.17) is 14.0 Å². The van der Waals surface area contributed by atoms with Crippen molar-refractivity contribution in [3.05, 3.63) is 54.1 Å². The van der Waals surface area contributed by atoms with Crippen molar-refractivity contribution < 1.29 is 18.4 Å². The third-order valence-electron chi connectivity index (χ3n) is 4.60. The van der Waals surface area contributed by atoms with Gasteiger partial charge >= 0.3 is 7.12 Å². The second kappa shape index (κ2) is 6.18. The molecule has 0 N–H and O–H groups in total. The molecule has 0 spiro atoms. The zero-order chi connectivity index (χ0) is 17.4. The zero-order valence-electron chi connectivity index (χ0n) is 14.4. The van der Waals surface area contributed by atoms with Gasteiger partial charge < -0.3 is 14.0 Å². The molecule has 4 nitrogen and oxygen atoms in total. The quantitative estimate of drug-likeness (QED) is 0.638. The molecule has 6 heteroatoms. The van der Waals surface area contributed by atoms with Crippen LogP contribution in [-0.4, -0.2) is 23.3 Å². The fraction of sp³-hybridized carbons (Fsp3) is 0.389. The Morgan fingerprint density at radius 2 is 1.62 bits per heavy atom. The van der Waals surface area contributed by atoms with E-state index in [1.165, 1.54) is 12.3 Å². The maximum absolute atomic E-state index is 12.8. The minimum atomic E-state index is -0.495. The Morgan fingerprint density at radius 3 is 2.17 bits per heavy atom. The molecule has 0 bridgehead atoms. The molecule has 0 saturated carbocycles.